The van der Waals surface area contributed by atoms with Crippen LogP contribution >= 0.6 is 0 Å². The Bertz CT molecular complexity index is 574. The minimum atomic E-state index is -0.184. The lowest BCUT2D eigenvalue weighted by Crippen LogP contribution is -2.30. The molecule has 0 bridgehead atoms. The number of carbonyl (C=O) groups excluding carboxylic acids is 2. The summed E-state index contributed by atoms with van der Waals surface area (Å²) in [5.41, 5.74) is 1.03. The molecule has 1 aromatic rings. The van der Waals surface area contributed by atoms with E-state index in [4.69, 9.17) is 0 Å². The van der Waals surface area contributed by atoms with Gasteiger partial charge in [-0.15, -0.1) is 5.92 Å². The zero-order valence-corrected chi connectivity index (χ0v) is 13.3. The highest BCUT2D eigenvalue weighted by Gasteiger charge is 2.34. The van der Waals surface area contributed by atoms with Crippen LogP contribution in [0.3, 0.4) is 0 Å². The Morgan fingerprint density at radius 1 is 1.00 bits per heavy atom. The molecule has 4 nitrogen and oxygen atoms in total. The summed E-state index contributed by atoms with van der Waals surface area (Å²) in [4.78, 5) is 27.9. The van der Waals surface area contributed by atoms with E-state index in [1.807, 2.05) is 0 Å². The number of unbranched alkanes of at least 4 members (excludes halogenated alkanes) is 1. The van der Waals surface area contributed by atoms with Crippen LogP contribution in [0.1, 0.15) is 47.4 Å². The van der Waals surface area contributed by atoms with Crippen molar-refractivity contribution < 1.29 is 9.59 Å². The first-order valence-corrected chi connectivity index (χ1v) is 7.82. The lowest BCUT2D eigenvalue weighted by molar-refractivity contribution is 0.0653. The van der Waals surface area contributed by atoms with Crippen molar-refractivity contribution in [3.05, 3.63) is 35.4 Å². The lowest BCUT2D eigenvalue weighted by atomic mass is 10.1. The largest absolute Gasteiger partial charge is 0.293 e. The van der Waals surface area contributed by atoms with E-state index in [9.17, 15) is 9.59 Å². The third kappa shape index (κ3) is 3.55. The Kier molecular flexibility index (Phi) is 5.74. The summed E-state index contributed by atoms with van der Waals surface area (Å²) in [5, 5.41) is 0. The van der Waals surface area contributed by atoms with Gasteiger partial charge >= 0.3 is 0 Å². The van der Waals surface area contributed by atoms with Crippen molar-refractivity contribution in [1.82, 2.24) is 9.80 Å². The van der Waals surface area contributed by atoms with Gasteiger partial charge in [0.05, 0.1) is 17.7 Å². The van der Waals surface area contributed by atoms with E-state index < -0.39 is 0 Å². The number of hydrogen-bond acceptors (Lipinski definition) is 3. The minimum absolute atomic E-state index is 0.184. The van der Waals surface area contributed by atoms with Crippen molar-refractivity contribution in [2.24, 2.45) is 0 Å². The molecule has 1 aromatic carbocycles. The molecule has 116 valence electrons. The van der Waals surface area contributed by atoms with Crippen molar-refractivity contribution in [1.29, 1.82) is 0 Å². The van der Waals surface area contributed by atoms with E-state index in [1.165, 1.54) is 4.90 Å². The van der Waals surface area contributed by atoms with E-state index in [-0.39, 0.29) is 11.8 Å². The Morgan fingerprint density at radius 3 is 2.14 bits per heavy atom. The molecule has 0 fully saturated rings. The first-order chi connectivity index (χ1) is 10.7. The predicted molar refractivity (Wildman–Crippen MR) is 86.6 cm³/mol. The molecule has 0 atom stereocenters. The molecule has 0 N–H and O–H groups in total. The van der Waals surface area contributed by atoms with Gasteiger partial charge in [-0.3, -0.25) is 19.4 Å². The van der Waals surface area contributed by atoms with Crippen molar-refractivity contribution in [3.8, 4) is 11.8 Å². The lowest BCUT2D eigenvalue weighted by Gasteiger charge is -2.13. The number of fused-ring (bicyclic) bond motifs is 1. The molecule has 0 unspecified atom stereocenters. The second-order valence-corrected chi connectivity index (χ2v) is 5.23. The van der Waals surface area contributed by atoms with Gasteiger partial charge in [0.1, 0.15) is 0 Å². The Morgan fingerprint density at radius 2 is 1.59 bits per heavy atom. The van der Waals surface area contributed by atoms with E-state index in [0.29, 0.717) is 24.1 Å². The quantitative estimate of drug-likeness (QED) is 0.460. The monoisotopic (exact) mass is 298 g/mol. The van der Waals surface area contributed by atoms with Crippen LogP contribution in [0.15, 0.2) is 24.3 Å². The molecule has 22 heavy (non-hydrogen) atoms. The molecular formula is C18H22N2O2. The molecule has 0 radical (unpaired) electrons. The van der Waals surface area contributed by atoms with Crippen LogP contribution in [0.25, 0.3) is 0 Å². The van der Waals surface area contributed by atoms with Gasteiger partial charge in [0, 0.05) is 13.0 Å². The molecule has 1 aliphatic heterocycles. The number of imide groups is 1. The highest BCUT2D eigenvalue weighted by atomic mass is 16.2. The first-order valence-electron chi connectivity index (χ1n) is 7.82. The van der Waals surface area contributed by atoms with Crippen molar-refractivity contribution in [3.63, 3.8) is 0 Å². The molecule has 0 aliphatic carbocycles. The second-order valence-electron chi connectivity index (χ2n) is 5.23. The summed E-state index contributed by atoms with van der Waals surface area (Å²) in [6.07, 6.45) is 1.42. The third-order valence-corrected chi connectivity index (χ3v) is 3.88. The SMILES string of the molecule is CCN(CC)CC#CCCCN1C(=O)c2ccccc2C1=O. The van der Waals surface area contributed by atoms with Crippen molar-refractivity contribution in [2.45, 2.75) is 26.7 Å². The van der Waals surface area contributed by atoms with E-state index >= 15 is 0 Å². The molecule has 2 rings (SSSR count). The number of amides is 2. The number of nitrogens with zero attached hydrogens (tertiary/aromatic N) is 2. The summed E-state index contributed by atoms with van der Waals surface area (Å²) in [5.74, 6) is 5.89. The maximum atomic E-state index is 12.2. The average Bonchev–Trinajstić information content (AvgIpc) is 2.79. The summed E-state index contributed by atoms with van der Waals surface area (Å²) >= 11 is 0. The van der Waals surface area contributed by atoms with Crippen LogP contribution in [-0.4, -0.2) is 47.8 Å². The van der Waals surface area contributed by atoms with Gasteiger partial charge in [-0.05, 0) is 31.6 Å². The van der Waals surface area contributed by atoms with Gasteiger partial charge in [0.25, 0.3) is 11.8 Å². The highest BCUT2D eigenvalue weighted by molar-refractivity contribution is 6.21. The molecule has 0 saturated carbocycles. The predicted octanol–water partition coefficient (Wildman–Crippen LogP) is 2.41. The number of rotatable bonds is 6. The Balaban J connectivity index is 1.81. The molecular weight excluding hydrogens is 276 g/mol. The summed E-state index contributed by atoms with van der Waals surface area (Å²) in [7, 11) is 0. The molecule has 1 heterocycles. The fourth-order valence-corrected chi connectivity index (χ4v) is 2.47. The molecule has 4 heteroatoms. The van der Waals surface area contributed by atoms with E-state index in [2.05, 4.69) is 30.6 Å². The van der Waals surface area contributed by atoms with Gasteiger partial charge in [-0.2, -0.15) is 0 Å². The second kappa shape index (κ2) is 7.77. The Hall–Kier alpha value is -2.12. The number of hydrogen-bond donors (Lipinski definition) is 0. The molecule has 2 amide bonds. The van der Waals surface area contributed by atoms with Crippen LogP contribution in [0, 0.1) is 11.8 Å². The fourth-order valence-electron chi connectivity index (χ4n) is 2.47. The standard InChI is InChI=1S/C18H22N2O2/c1-3-19(4-2)13-9-5-6-10-14-20-17(21)15-11-7-8-12-16(15)18(20)22/h7-8,11-12H,3-4,6,10,13-14H2,1-2H3. The third-order valence-electron chi connectivity index (χ3n) is 3.88. The van der Waals surface area contributed by atoms with Gasteiger partial charge in [0.2, 0.25) is 0 Å². The van der Waals surface area contributed by atoms with Crippen LogP contribution in [0.2, 0.25) is 0 Å². The number of benzene rings is 1. The summed E-state index contributed by atoms with van der Waals surface area (Å²) in [6, 6.07) is 6.98. The van der Waals surface area contributed by atoms with Gasteiger partial charge in [-0.25, -0.2) is 0 Å². The molecule has 0 aromatic heterocycles. The maximum absolute atomic E-state index is 12.2. The van der Waals surface area contributed by atoms with Gasteiger partial charge in [0.15, 0.2) is 0 Å². The van der Waals surface area contributed by atoms with Crippen LogP contribution in [-0.2, 0) is 0 Å². The fraction of sp³-hybridized carbons (Fsp3) is 0.444. The molecule has 0 spiro atoms. The normalized spacial score (nSPS) is 13.3. The van der Waals surface area contributed by atoms with Crippen LogP contribution in [0.4, 0.5) is 0 Å². The maximum Gasteiger partial charge on any atom is 0.261 e. The van der Waals surface area contributed by atoms with Crippen molar-refractivity contribution >= 4 is 11.8 Å². The van der Waals surface area contributed by atoms with Crippen molar-refractivity contribution in [2.75, 3.05) is 26.2 Å². The molecule has 1 aliphatic rings. The minimum Gasteiger partial charge on any atom is -0.293 e. The zero-order valence-electron chi connectivity index (χ0n) is 13.3. The first kappa shape index (κ1) is 16.3. The van der Waals surface area contributed by atoms with Gasteiger partial charge < -0.3 is 0 Å². The zero-order chi connectivity index (χ0) is 15.9. The van der Waals surface area contributed by atoms with Crippen LogP contribution < -0.4 is 0 Å². The smallest absolute Gasteiger partial charge is 0.261 e. The molecule has 0 saturated heterocycles. The van der Waals surface area contributed by atoms with Crippen LogP contribution in [0.5, 0.6) is 0 Å². The number of carbonyl (C=O) groups is 2. The van der Waals surface area contributed by atoms with Gasteiger partial charge in [-0.1, -0.05) is 31.9 Å². The summed E-state index contributed by atoms with van der Waals surface area (Å²) < 4.78 is 0. The Labute approximate surface area is 132 Å². The highest BCUT2D eigenvalue weighted by Crippen LogP contribution is 2.22. The topological polar surface area (TPSA) is 40.6 Å². The van der Waals surface area contributed by atoms with E-state index in [1.54, 1.807) is 24.3 Å². The van der Waals surface area contributed by atoms with E-state index in [0.717, 1.165) is 26.1 Å². The average molecular weight is 298 g/mol. The summed E-state index contributed by atoms with van der Waals surface area (Å²) in [6.45, 7) is 7.45.